The molecule has 150 valence electrons. The highest BCUT2D eigenvalue weighted by Gasteiger charge is 2.25. The normalized spacial score (nSPS) is 15.5. The van der Waals surface area contributed by atoms with Crippen LogP contribution in [0.1, 0.15) is 30.5 Å². The number of benzene rings is 1. The summed E-state index contributed by atoms with van der Waals surface area (Å²) in [5.41, 5.74) is 2.07. The number of piperidine rings is 1. The van der Waals surface area contributed by atoms with Crippen LogP contribution in [0.4, 0.5) is 0 Å². The number of carbonyl (C=O) groups excluding carboxylic acids is 1. The summed E-state index contributed by atoms with van der Waals surface area (Å²) in [4.78, 5) is 21.4. The zero-order valence-corrected chi connectivity index (χ0v) is 17.8. The highest BCUT2D eigenvalue weighted by atomic mass is 35.5. The Morgan fingerprint density at radius 1 is 1.14 bits per heavy atom. The first-order valence-electron chi connectivity index (χ1n) is 9.85. The van der Waals surface area contributed by atoms with Gasteiger partial charge in [-0.2, -0.15) is 0 Å². The van der Waals surface area contributed by atoms with Crippen molar-refractivity contribution >= 4 is 29.1 Å². The van der Waals surface area contributed by atoms with E-state index in [2.05, 4.69) is 16.0 Å². The number of rotatable bonds is 7. The molecule has 2 aromatic rings. The molecule has 0 atom stereocenters. The summed E-state index contributed by atoms with van der Waals surface area (Å²) in [6, 6.07) is 11.9. The van der Waals surface area contributed by atoms with Crippen molar-refractivity contribution in [2.75, 3.05) is 26.7 Å². The van der Waals surface area contributed by atoms with E-state index in [1.165, 1.54) is 0 Å². The summed E-state index contributed by atoms with van der Waals surface area (Å²) >= 11 is 12.3. The van der Waals surface area contributed by atoms with Crippen LogP contribution in [0.3, 0.4) is 0 Å². The number of likely N-dealkylation sites (tertiary alicyclic amines) is 1. The Kier molecular flexibility index (Phi) is 7.72. The summed E-state index contributed by atoms with van der Waals surface area (Å²) in [6.07, 6.45) is 5.92. The van der Waals surface area contributed by atoms with Crippen molar-refractivity contribution in [1.82, 2.24) is 14.8 Å². The van der Waals surface area contributed by atoms with Crippen LogP contribution in [0.5, 0.6) is 0 Å². The number of hydrogen-bond donors (Lipinski definition) is 0. The van der Waals surface area contributed by atoms with Crippen LogP contribution < -0.4 is 0 Å². The predicted octanol–water partition coefficient (Wildman–Crippen LogP) is 4.49. The van der Waals surface area contributed by atoms with Gasteiger partial charge in [0.1, 0.15) is 0 Å². The number of aryl methyl sites for hydroxylation is 1. The van der Waals surface area contributed by atoms with Gasteiger partial charge in [-0.25, -0.2) is 0 Å². The average molecular weight is 420 g/mol. The highest BCUT2D eigenvalue weighted by Crippen LogP contribution is 2.26. The number of nitrogens with zero attached hydrogens (tertiary/aromatic N) is 3. The maximum atomic E-state index is 12.6. The van der Waals surface area contributed by atoms with Crippen molar-refractivity contribution in [2.24, 2.45) is 0 Å². The molecule has 0 radical (unpaired) electrons. The molecule has 28 heavy (non-hydrogen) atoms. The van der Waals surface area contributed by atoms with Crippen LogP contribution in [0.2, 0.25) is 10.0 Å². The molecular formula is C22H27Cl2N3O. The van der Waals surface area contributed by atoms with Crippen LogP contribution in [-0.2, 0) is 17.6 Å². The minimum Gasteiger partial charge on any atom is -0.343 e. The lowest BCUT2D eigenvalue weighted by atomic mass is 10.0. The third-order valence-corrected chi connectivity index (χ3v) is 6.41. The number of carbonyl (C=O) groups is 1. The molecule has 1 saturated heterocycles. The van der Waals surface area contributed by atoms with Crippen molar-refractivity contribution in [3.05, 3.63) is 63.9 Å². The number of pyridine rings is 1. The van der Waals surface area contributed by atoms with Gasteiger partial charge in [0.25, 0.3) is 0 Å². The minimum absolute atomic E-state index is 0.169. The Labute approximate surface area is 177 Å². The third kappa shape index (κ3) is 5.69. The number of amides is 1. The van der Waals surface area contributed by atoms with Crippen molar-refractivity contribution in [2.45, 2.75) is 38.1 Å². The van der Waals surface area contributed by atoms with Crippen LogP contribution in [0, 0.1) is 0 Å². The Balaban J connectivity index is 1.42. The second-order valence-corrected chi connectivity index (χ2v) is 8.15. The van der Waals surface area contributed by atoms with Crippen molar-refractivity contribution in [3.63, 3.8) is 0 Å². The first kappa shape index (κ1) is 21.1. The monoisotopic (exact) mass is 419 g/mol. The molecule has 1 fully saturated rings. The zero-order valence-electron chi connectivity index (χ0n) is 16.3. The number of hydrogen-bond acceptors (Lipinski definition) is 3. The molecule has 0 N–H and O–H groups in total. The summed E-state index contributed by atoms with van der Waals surface area (Å²) in [5, 5.41) is 1.10. The van der Waals surface area contributed by atoms with Crippen molar-refractivity contribution in [1.29, 1.82) is 0 Å². The van der Waals surface area contributed by atoms with Gasteiger partial charge < -0.3 is 9.80 Å². The molecule has 2 heterocycles. The van der Waals surface area contributed by atoms with Gasteiger partial charge in [0.05, 0.1) is 10.0 Å². The zero-order chi connectivity index (χ0) is 19.9. The van der Waals surface area contributed by atoms with Gasteiger partial charge in [0, 0.05) is 57.5 Å². The quantitative estimate of drug-likeness (QED) is 0.663. The van der Waals surface area contributed by atoms with Gasteiger partial charge in [0.2, 0.25) is 5.91 Å². The van der Waals surface area contributed by atoms with Gasteiger partial charge in [-0.15, -0.1) is 0 Å². The summed E-state index contributed by atoms with van der Waals surface area (Å²) < 4.78 is 0. The first-order valence-corrected chi connectivity index (χ1v) is 10.6. The molecule has 1 aromatic carbocycles. The maximum Gasteiger partial charge on any atom is 0.222 e. The Bertz CT molecular complexity index is 777. The molecular weight excluding hydrogens is 393 g/mol. The third-order valence-electron chi connectivity index (χ3n) is 5.55. The molecule has 1 aliphatic rings. The van der Waals surface area contributed by atoms with E-state index in [1.54, 1.807) is 6.07 Å². The minimum atomic E-state index is 0.169. The average Bonchev–Trinajstić information content (AvgIpc) is 2.73. The molecule has 0 aliphatic carbocycles. The maximum absolute atomic E-state index is 12.6. The van der Waals surface area contributed by atoms with Gasteiger partial charge in [0.15, 0.2) is 0 Å². The van der Waals surface area contributed by atoms with Crippen LogP contribution >= 0.6 is 23.2 Å². The van der Waals surface area contributed by atoms with Gasteiger partial charge in [-0.1, -0.05) is 41.4 Å². The van der Waals surface area contributed by atoms with Gasteiger partial charge >= 0.3 is 0 Å². The predicted molar refractivity (Wildman–Crippen MR) is 115 cm³/mol. The van der Waals surface area contributed by atoms with E-state index in [1.807, 2.05) is 42.4 Å². The standard InChI is InChI=1S/C22H27Cl2N3O/c1-26(21(28)9-8-17-5-4-7-20(23)22(17)24)19-11-15-27(16-12-19)14-10-18-6-2-3-13-25-18/h2-7,13,19H,8-12,14-16H2,1H3. The Hall–Kier alpha value is -1.62. The molecule has 0 spiro atoms. The van der Waals surface area contributed by atoms with E-state index in [0.29, 0.717) is 28.9 Å². The fraction of sp³-hybridized carbons (Fsp3) is 0.455. The van der Waals surface area contributed by atoms with Crippen LogP contribution in [0.15, 0.2) is 42.6 Å². The number of aromatic nitrogens is 1. The molecule has 0 unspecified atom stereocenters. The smallest absolute Gasteiger partial charge is 0.222 e. The lowest BCUT2D eigenvalue weighted by molar-refractivity contribution is -0.132. The van der Waals surface area contributed by atoms with Crippen LogP contribution in [0.25, 0.3) is 0 Å². The molecule has 0 saturated carbocycles. The molecule has 0 bridgehead atoms. The summed E-state index contributed by atoms with van der Waals surface area (Å²) in [6.45, 7) is 3.07. The fourth-order valence-corrected chi connectivity index (χ4v) is 4.13. The number of halogens is 2. The van der Waals surface area contributed by atoms with Crippen molar-refractivity contribution < 1.29 is 4.79 Å². The van der Waals surface area contributed by atoms with E-state index in [-0.39, 0.29) is 5.91 Å². The summed E-state index contributed by atoms with van der Waals surface area (Å²) in [5.74, 6) is 0.169. The molecule has 1 amide bonds. The lowest BCUT2D eigenvalue weighted by Gasteiger charge is -2.36. The van der Waals surface area contributed by atoms with E-state index in [9.17, 15) is 4.79 Å². The SMILES string of the molecule is CN(C(=O)CCc1cccc(Cl)c1Cl)C1CCN(CCc2ccccn2)CC1. The van der Waals surface area contributed by atoms with E-state index in [0.717, 1.165) is 50.2 Å². The van der Waals surface area contributed by atoms with Gasteiger partial charge in [-0.05, 0) is 43.0 Å². The second kappa shape index (κ2) is 10.2. The molecule has 6 heteroatoms. The molecule has 3 rings (SSSR count). The molecule has 1 aliphatic heterocycles. The summed E-state index contributed by atoms with van der Waals surface area (Å²) in [7, 11) is 1.93. The molecule has 1 aromatic heterocycles. The Morgan fingerprint density at radius 2 is 1.93 bits per heavy atom. The topological polar surface area (TPSA) is 36.4 Å². The van der Waals surface area contributed by atoms with Gasteiger partial charge in [-0.3, -0.25) is 9.78 Å². The Morgan fingerprint density at radius 3 is 2.64 bits per heavy atom. The van der Waals surface area contributed by atoms with E-state index < -0.39 is 0 Å². The molecule has 4 nitrogen and oxygen atoms in total. The van der Waals surface area contributed by atoms with Crippen LogP contribution in [-0.4, -0.2) is 53.4 Å². The first-order chi connectivity index (χ1) is 13.5. The largest absolute Gasteiger partial charge is 0.343 e. The lowest BCUT2D eigenvalue weighted by Crippen LogP contribution is -2.46. The highest BCUT2D eigenvalue weighted by molar-refractivity contribution is 6.42. The second-order valence-electron chi connectivity index (χ2n) is 7.36. The van der Waals surface area contributed by atoms with Crippen molar-refractivity contribution in [3.8, 4) is 0 Å². The van der Waals surface area contributed by atoms with E-state index in [4.69, 9.17) is 23.2 Å². The van der Waals surface area contributed by atoms with E-state index >= 15 is 0 Å². The fourth-order valence-electron chi connectivity index (χ4n) is 3.71.